The Morgan fingerprint density at radius 3 is 2.67 bits per heavy atom. The van der Waals surface area contributed by atoms with Crippen LogP contribution in [0, 0.1) is 0 Å². The Balaban J connectivity index is 1.65. The van der Waals surface area contributed by atoms with Crippen LogP contribution in [0.5, 0.6) is 5.75 Å². The van der Waals surface area contributed by atoms with Gasteiger partial charge in [0.1, 0.15) is 18.8 Å². The quantitative estimate of drug-likeness (QED) is 0.231. The Labute approximate surface area is 159 Å². The molecule has 1 aliphatic rings. The number of quaternary nitrogens is 1. The maximum Gasteiger partial charge on any atom is 0.329 e. The lowest BCUT2D eigenvalue weighted by Gasteiger charge is -2.23. The Morgan fingerprint density at radius 1 is 1.22 bits per heavy atom. The molecule has 0 unspecified atom stereocenters. The largest absolute Gasteiger partial charge is 0.494 e. The van der Waals surface area contributed by atoms with Crippen molar-refractivity contribution < 1.29 is 24.0 Å². The molecule has 3 N–H and O–H groups in total. The molecule has 1 aliphatic heterocycles. The van der Waals surface area contributed by atoms with Crippen molar-refractivity contribution in [2.45, 2.75) is 19.8 Å². The number of rotatable bonds is 9. The summed E-state index contributed by atoms with van der Waals surface area (Å²) in [4.78, 5) is 24.8. The van der Waals surface area contributed by atoms with Gasteiger partial charge in [0.15, 0.2) is 0 Å². The highest BCUT2D eigenvalue weighted by Gasteiger charge is 2.16. The minimum Gasteiger partial charge on any atom is -0.494 e. The average Bonchev–Trinajstić information content (AvgIpc) is 2.70. The molecule has 0 aromatic heterocycles. The van der Waals surface area contributed by atoms with Crippen LogP contribution in [-0.4, -0.2) is 64.0 Å². The molecule has 148 valence electrons. The minimum atomic E-state index is -0.775. The molecule has 1 aromatic carbocycles. The number of ether oxygens (including phenoxy) is 2. The Morgan fingerprint density at radius 2 is 1.96 bits per heavy atom. The summed E-state index contributed by atoms with van der Waals surface area (Å²) in [6, 6.07) is 7.36. The number of benzene rings is 1. The predicted molar refractivity (Wildman–Crippen MR) is 102 cm³/mol. The molecule has 2 rings (SSSR count). The number of amides is 2. The predicted octanol–water partition coefficient (Wildman–Crippen LogP) is -0.653. The molecule has 8 heteroatoms. The van der Waals surface area contributed by atoms with E-state index in [2.05, 4.69) is 22.8 Å². The van der Waals surface area contributed by atoms with Gasteiger partial charge in [-0.2, -0.15) is 5.10 Å². The van der Waals surface area contributed by atoms with E-state index >= 15 is 0 Å². The molecule has 1 saturated heterocycles. The molecule has 0 spiro atoms. The van der Waals surface area contributed by atoms with Crippen LogP contribution >= 0.6 is 0 Å². The second-order valence-electron chi connectivity index (χ2n) is 6.34. The number of carbonyl (C=O) groups excluding carboxylic acids is 2. The maximum atomic E-state index is 11.7. The van der Waals surface area contributed by atoms with Crippen molar-refractivity contribution in [3.05, 3.63) is 29.8 Å². The summed E-state index contributed by atoms with van der Waals surface area (Å²) in [6.07, 6.45) is 3.59. The topological polar surface area (TPSA) is 93.5 Å². The smallest absolute Gasteiger partial charge is 0.329 e. The summed E-state index contributed by atoms with van der Waals surface area (Å²) in [6.45, 7) is 7.37. The molecule has 0 saturated carbocycles. The molecule has 8 nitrogen and oxygen atoms in total. The summed E-state index contributed by atoms with van der Waals surface area (Å²) in [5, 5.41) is 6.42. The summed E-state index contributed by atoms with van der Waals surface area (Å²) >= 11 is 0. The lowest BCUT2D eigenvalue weighted by molar-refractivity contribution is -0.906. The van der Waals surface area contributed by atoms with Crippen LogP contribution < -0.4 is 20.4 Å². The van der Waals surface area contributed by atoms with E-state index in [0.717, 1.165) is 57.0 Å². The number of carbonyl (C=O) groups is 2. The van der Waals surface area contributed by atoms with Crippen LogP contribution in [0.3, 0.4) is 0 Å². The first-order valence-electron chi connectivity index (χ1n) is 9.44. The Hall–Kier alpha value is -2.45. The monoisotopic (exact) mass is 377 g/mol. The van der Waals surface area contributed by atoms with Crippen molar-refractivity contribution in [3.8, 4) is 5.75 Å². The Kier molecular flexibility index (Phi) is 9.29. The van der Waals surface area contributed by atoms with Crippen molar-refractivity contribution in [2.75, 3.05) is 46.0 Å². The summed E-state index contributed by atoms with van der Waals surface area (Å²) < 4.78 is 10.9. The summed E-state index contributed by atoms with van der Waals surface area (Å²) in [5.41, 5.74) is 3.04. The number of hydrogen-bond acceptors (Lipinski definition) is 5. The van der Waals surface area contributed by atoms with Crippen molar-refractivity contribution >= 4 is 18.0 Å². The zero-order valence-electron chi connectivity index (χ0n) is 15.8. The molecule has 1 heterocycles. The van der Waals surface area contributed by atoms with E-state index in [1.165, 1.54) is 11.1 Å². The number of hydrazone groups is 1. The number of nitrogens with zero attached hydrogens (tertiary/aromatic N) is 1. The standard InChI is InChI=1S/C19H28N4O4/c1-2-3-12-27-17-6-4-16(5-7-17)15-21-22-19(25)18(24)20-8-9-23-10-13-26-14-11-23/h4-7,15H,2-3,8-14H2,1H3,(H,20,24)(H,22,25)/p+1/b21-15-. The molecule has 27 heavy (non-hydrogen) atoms. The average molecular weight is 377 g/mol. The molecular formula is C19H29N4O4+. The molecule has 1 aromatic rings. The number of morpholine rings is 1. The van der Waals surface area contributed by atoms with Gasteiger partial charge in [0.2, 0.25) is 0 Å². The second-order valence-corrected chi connectivity index (χ2v) is 6.34. The van der Waals surface area contributed by atoms with Gasteiger partial charge in [0, 0.05) is 0 Å². The normalized spacial score (nSPS) is 14.9. The van der Waals surface area contributed by atoms with Crippen LogP contribution in [0.25, 0.3) is 0 Å². The van der Waals surface area contributed by atoms with Crippen LogP contribution in [0.1, 0.15) is 25.3 Å². The zero-order valence-corrected chi connectivity index (χ0v) is 15.8. The van der Waals surface area contributed by atoms with Crippen LogP contribution in [0.4, 0.5) is 0 Å². The maximum absolute atomic E-state index is 11.7. The summed E-state index contributed by atoms with van der Waals surface area (Å²) in [7, 11) is 0. The van der Waals surface area contributed by atoms with Gasteiger partial charge in [0.25, 0.3) is 0 Å². The minimum absolute atomic E-state index is 0.449. The van der Waals surface area contributed by atoms with Gasteiger partial charge in [-0.05, 0) is 36.2 Å². The van der Waals surface area contributed by atoms with E-state index in [-0.39, 0.29) is 0 Å². The van der Waals surface area contributed by atoms with Gasteiger partial charge < -0.3 is 19.7 Å². The van der Waals surface area contributed by atoms with E-state index in [4.69, 9.17) is 9.47 Å². The third-order valence-corrected chi connectivity index (χ3v) is 4.20. The highest BCUT2D eigenvalue weighted by Crippen LogP contribution is 2.11. The zero-order chi connectivity index (χ0) is 19.3. The third-order valence-electron chi connectivity index (χ3n) is 4.20. The SMILES string of the molecule is CCCCOc1ccc(/C=N\NC(=O)C(=O)NCC[NH+]2CCOCC2)cc1. The van der Waals surface area contributed by atoms with Crippen molar-refractivity contribution in [3.63, 3.8) is 0 Å². The van der Waals surface area contributed by atoms with E-state index in [1.807, 2.05) is 24.3 Å². The van der Waals surface area contributed by atoms with Crippen LogP contribution in [0.2, 0.25) is 0 Å². The number of unbranched alkanes of at least 4 members (excludes halogenated alkanes) is 1. The fraction of sp³-hybridized carbons (Fsp3) is 0.526. The first-order valence-corrected chi connectivity index (χ1v) is 9.44. The fourth-order valence-electron chi connectivity index (χ4n) is 2.54. The van der Waals surface area contributed by atoms with Crippen molar-refractivity contribution in [1.29, 1.82) is 0 Å². The summed E-state index contributed by atoms with van der Waals surface area (Å²) in [5.74, 6) is -0.659. The van der Waals surface area contributed by atoms with E-state index in [1.54, 1.807) is 0 Å². The van der Waals surface area contributed by atoms with Crippen molar-refractivity contribution in [1.82, 2.24) is 10.7 Å². The molecule has 2 amide bonds. The van der Waals surface area contributed by atoms with Crippen LogP contribution in [0.15, 0.2) is 29.4 Å². The first kappa shape index (κ1) is 20.9. The van der Waals surface area contributed by atoms with E-state index in [0.29, 0.717) is 13.2 Å². The molecule has 0 bridgehead atoms. The molecule has 0 atom stereocenters. The highest BCUT2D eigenvalue weighted by molar-refractivity contribution is 6.35. The van der Waals surface area contributed by atoms with E-state index in [9.17, 15) is 9.59 Å². The van der Waals surface area contributed by atoms with Gasteiger partial charge in [-0.3, -0.25) is 9.59 Å². The van der Waals surface area contributed by atoms with Gasteiger partial charge in [-0.25, -0.2) is 5.43 Å². The van der Waals surface area contributed by atoms with E-state index < -0.39 is 11.8 Å². The molecule has 0 radical (unpaired) electrons. The Bertz CT molecular complexity index is 613. The van der Waals surface area contributed by atoms with Crippen LogP contribution in [-0.2, 0) is 14.3 Å². The number of nitrogens with one attached hydrogen (secondary N) is 3. The second kappa shape index (κ2) is 12.0. The number of hydrogen-bond donors (Lipinski definition) is 3. The van der Waals surface area contributed by atoms with Crippen molar-refractivity contribution in [2.24, 2.45) is 5.10 Å². The van der Waals surface area contributed by atoms with Gasteiger partial charge in [-0.1, -0.05) is 13.3 Å². The van der Waals surface area contributed by atoms with Gasteiger partial charge >= 0.3 is 11.8 Å². The lowest BCUT2D eigenvalue weighted by atomic mass is 10.2. The molecular weight excluding hydrogens is 348 g/mol. The van der Waals surface area contributed by atoms with Gasteiger partial charge in [0.05, 0.1) is 39.1 Å². The third kappa shape index (κ3) is 8.19. The van der Waals surface area contributed by atoms with Gasteiger partial charge in [-0.15, -0.1) is 0 Å². The highest BCUT2D eigenvalue weighted by atomic mass is 16.5. The molecule has 1 fully saturated rings. The lowest BCUT2D eigenvalue weighted by Crippen LogP contribution is -3.14. The first-order chi connectivity index (χ1) is 13.2. The molecule has 0 aliphatic carbocycles. The fourth-order valence-corrected chi connectivity index (χ4v) is 2.54.